The Morgan fingerprint density at radius 3 is 2.32 bits per heavy atom. The zero-order valence-electron chi connectivity index (χ0n) is 14.6. The van der Waals surface area contributed by atoms with Crippen LogP contribution in [0.3, 0.4) is 0 Å². The minimum atomic E-state index is -1.04. The number of carbonyl (C=O) groups is 2. The van der Waals surface area contributed by atoms with E-state index in [1.807, 2.05) is 54.6 Å². The van der Waals surface area contributed by atoms with Crippen molar-refractivity contribution in [2.75, 3.05) is 10.6 Å². The molecule has 0 saturated carbocycles. The summed E-state index contributed by atoms with van der Waals surface area (Å²) >= 11 is 3.42. The second-order valence-electron chi connectivity index (χ2n) is 6.27. The first-order valence-electron chi connectivity index (χ1n) is 8.54. The number of carbonyl (C=O) groups excluding carboxylic acids is 1. The van der Waals surface area contributed by atoms with Crippen LogP contribution in [0.2, 0.25) is 0 Å². The molecule has 138 valence electrons. The Morgan fingerprint density at radius 2 is 1.64 bits per heavy atom. The average Bonchev–Trinajstić information content (AvgIpc) is 3.03. The second kappa shape index (κ2) is 7.32. The van der Waals surface area contributed by atoms with Gasteiger partial charge in [0, 0.05) is 15.7 Å². The summed E-state index contributed by atoms with van der Waals surface area (Å²) in [5, 5.41) is 15.3. The first-order valence-corrected chi connectivity index (χ1v) is 9.33. The van der Waals surface area contributed by atoms with Gasteiger partial charge in [-0.2, -0.15) is 0 Å². The van der Waals surface area contributed by atoms with Gasteiger partial charge >= 0.3 is 5.97 Å². The zero-order chi connectivity index (χ0) is 19.7. The van der Waals surface area contributed by atoms with Gasteiger partial charge in [-0.1, -0.05) is 52.3 Å². The first kappa shape index (κ1) is 18.0. The number of fused-ring (bicyclic) bond motifs is 1. The van der Waals surface area contributed by atoms with Crippen LogP contribution in [0.25, 0.3) is 11.3 Å². The number of benzene rings is 3. The van der Waals surface area contributed by atoms with E-state index < -0.39 is 5.97 Å². The number of aromatic carboxylic acids is 1. The lowest BCUT2D eigenvalue weighted by Gasteiger charge is -2.15. The van der Waals surface area contributed by atoms with Crippen LogP contribution in [-0.4, -0.2) is 17.0 Å². The maximum atomic E-state index is 12.8. The zero-order valence-corrected chi connectivity index (χ0v) is 16.2. The molecule has 0 radical (unpaired) electrons. The summed E-state index contributed by atoms with van der Waals surface area (Å²) < 4.78 is 0.956. The fraction of sp³-hybridized carbons (Fsp3) is 0. The van der Waals surface area contributed by atoms with Crippen LogP contribution in [0.15, 0.2) is 77.3 Å². The van der Waals surface area contributed by atoms with Gasteiger partial charge in [-0.15, -0.1) is 0 Å². The predicted molar refractivity (Wildman–Crippen MR) is 113 cm³/mol. The van der Waals surface area contributed by atoms with E-state index >= 15 is 0 Å². The Kier molecular flexibility index (Phi) is 4.71. The topological polar surface area (TPSA) is 78.4 Å². The standard InChI is InChI=1S/C22H15BrN2O3/c23-15-7-9-16(10-8-15)24-20(13-4-2-1-3-5-13)19-17-11-6-14(22(27)28)12-18(17)25-21(19)26/h1-12,24H,(H,25,26)(H,27,28)/b20-19-. The number of amides is 1. The minimum Gasteiger partial charge on any atom is -0.478 e. The van der Waals surface area contributed by atoms with Gasteiger partial charge in [-0.05, 0) is 42.0 Å². The molecule has 1 amide bonds. The number of rotatable bonds is 4. The summed E-state index contributed by atoms with van der Waals surface area (Å²) in [5.74, 6) is -1.31. The average molecular weight is 435 g/mol. The van der Waals surface area contributed by atoms with Crippen molar-refractivity contribution < 1.29 is 14.7 Å². The highest BCUT2D eigenvalue weighted by atomic mass is 79.9. The van der Waals surface area contributed by atoms with Crippen molar-refractivity contribution in [3.8, 4) is 0 Å². The summed E-state index contributed by atoms with van der Waals surface area (Å²) in [6, 6.07) is 21.9. The van der Waals surface area contributed by atoms with Crippen molar-refractivity contribution in [3.63, 3.8) is 0 Å². The fourth-order valence-corrected chi connectivity index (χ4v) is 3.38. The molecule has 0 fully saturated rings. The van der Waals surface area contributed by atoms with Crippen LogP contribution < -0.4 is 10.6 Å². The van der Waals surface area contributed by atoms with Gasteiger partial charge in [0.15, 0.2) is 0 Å². The van der Waals surface area contributed by atoms with E-state index in [0.29, 0.717) is 22.5 Å². The Bertz CT molecular complexity index is 1110. The minimum absolute atomic E-state index is 0.127. The Morgan fingerprint density at radius 1 is 0.929 bits per heavy atom. The molecule has 0 aliphatic carbocycles. The highest BCUT2D eigenvalue weighted by Gasteiger charge is 2.29. The molecule has 6 heteroatoms. The predicted octanol–water partition coefficient (Wildman–Crippen LogP) is 5.08. The first-order chi connectivity index (χ1) is 13.5. The van der Waals surface area contributed by atoms with Gasteiger partial charge in [0.25, 0.3) is 5.91 Å². The van der Waals surface area contributed by atoms with Crippen LogP contribution in [0.1, 0.15) is 21.5 Å². The molecule has 28 heavy (non-hydrogen) atoms. The molecule has 1 aliphatic heterocycles. The molecule has 0 spiro atoms. The van der Waals surface area contributed by atoms with Gasteiger partial charge in [-0.25, -0.2) is 4.79 Å². The van der Waals surface area contributed by atoms with E-state index in [-0.39, 0.29) is 11.5 Å². The van der Waals surface area contributed by atoms with E-state index in [0.717, 1.165) is 15.7 Å². The van der Waals surface area contributed by atoms with Crippen molar-refractivity contribution in [1.82, 2.24) is 0 Å². The van der Waals surface area contributed by atoms with Crippen molar-refractivity contribution in [2.45, 2.75) is 0 Å². The third kappa shape index (κ3) is 3.42. The lowest BCUT2D eigenvalue weighted by atomic mass is 9.99. The monoisotopic (exact) mass is 434 g/mol. The summed E-state index contributed by atoms with van der Waals surface area (Å²) in [6.07, 6.45) is 0. The molecule has 0 unspecified atom stereocenters. The van der Waals surface area contributed by atoms with E-state index in [1.165, 1.54) is 12.1 Å². The molecule has 0 saturated heterocycles. The molecule has 3 aromatic carbocycles. The summed E-state index contributed by atoms with van der Waals surface area (Å²) in [6.45, 7) is 0. The summed E-state index contributed by atoms with van der Waals surface area (Å²) in [5.41, 5.74) is 4.10. The van der Waals surface area contributed by atoms with E-state index in [2.05, 4.69) is 26.6 Å². The summed E-state index contributed by atoms with van der Waals surface area (Å²) in [4.78, 5) is 24.1. The molecule has 0 aromatic heterocycles. The van der Waals surface area contributed by atoms with Gasteiger partial charge in [-0.3, -0.25) is 4.79 Å². The third-order valence-electron chi connectivity index (χ3n) is 4.44. The van der Waals surface area contributed by atoms with Crippen LogP contribution in [0, 0.1) is 0 Å². The van der Waals surface area contributed by atoms with Crippen LogP contribution >= 0.6 is 15.9 Å². The number of halogens is 1. The maximum absolute atomic E-state index is 12.8. The van der Waals surface area contributed by atoms with Crippen LogP contribution in [-0.2, 0) is 4.79 Å². The van der Waals surface area contributed by atoms with Gasteiger partial charge < -0.3 is 15.7 Å². The smallest absolute Gasteiger partial charge is 0.335 e. The molecule has 3 aromatic rings. The van der Waals surface area contributed by atoms with E-state index in [1.54, 1.807) is 6.07 Å². The van der Waals surface area contributed by atoms with Gasteiger partial charge in [0.1, 0.15) is 0 Å². The number of hydrogen-bond acceptors (Lipinski definition) is 3. The SMILES string of the molecule is O=C1Nc2cc(C(=O)O)ccc2/C1=C(/Nc1ccc(Br)cc1)c1ccccc1. The quantitative estimate of drug-likeness (QED) is 0.500. The Labute approximate surface area is 169 Å². The van der Waals surface area contributed by atoms with Crippen LogP contribution in [0.4, 0.5) is 11.4 Å². The van der Waals surface area contributed by atoms with E-state index in [4.69, 9.17) is 0 Å². The molecule has 1 heterocycles. The maximum Gasteiger partial charge on any atom is 0.335 e. The van der Waals surface area contributed by atoms with E-state index in [9.17, 15) is 14.7 Å². The summed E-state index contributed by atoms with van der Waals surface area (Å²) in [7, 11) is 0. The lowest BCUT2D eigenvalue weighted by Crippen LogP contribution is -2.10. The normalized spacial score (nSPS) is 14.2. The molecular formula is C22H15BrN2O3. The number of carboxylic acid groups (broad SMARTS) is 1. The molecule has 0 atom stereocenters. The molecular weight excluding hydrogens is 420 g/mol. The number of anilines is 2. The highest BCUT2D eigenvalue weighted by Crippen LogP contribution is 2.38. The number of carboxylic acids is 1. The highest BCUT2D eigenvalue weighted by molar-refractivity contribution is 9.10. The fourth-order valence-electron chi connectivity index (χ4n) is 3.12. The molecule has 0 bridgehead atoms. The van der Waals surface area contributed by atoms with Gasteiger partial charge in [0.2, 0.25) is 0 Å². The van der Waals surface area contributed by atoms with Crippen molar-refractivity contribution in [1.29, 1.82) is 0 Å². The number of hydrogen-bond donors (Lipinski definition) is 3. The molecule has 4 rings (SSSR count). The largest absolute Gasteiger partial charge is 0.478 e. The number of nitrogens with one attached hydrogen (secondary N) is 2. The van der Waals surface area contributed by atoms with Gasteiger partial charge in [0.05, 0.1) is 22.5 Å². The van der Waals surface area contributed by atoms with Crippen molar-refractivity contribution in [2.24, 2.45) is 0 Å². The second-order valence-corrected chi connectivity index (χ2v) is 7.18. The third-order valence-corrected chi connectivity index (χ3v) is 4.97. The molecule has 1 aliphatic rings. The van der Waals surface area contributed by atoms with Crippen molar-refractivity contribution in [3.05, 3.63) is 94.0 Å². The Hall–Kier alpha value is -3.38. The van der Waals surface area contributed by atoms with Crippen molar-refractivity contribution >= 4 is 50.5 Å². The van der Waals surface area contributed by atoms with Crippen LogP contribution in [0.5, 0.6) is 0 Å². The Balaban J connectivity index is 1.88. The molecule has 3 N–H and O–H groups in total. The molecule has 5 nitrogen and oxygen atoms in total. The lowest BCUT2D eigenvalue weighted by molar-refractivity contribution is -0.110.